The molecule has 0 radical (unpaired) electrons. The highest BCUT2D eigenvalue weighted by Crippen LogP contribution is 2.33. The van der Waals surface area contributed by atoms with Gasteiger partial charge in [0.15, 0.2) is 0 Å². The first kappa shape index (κ1) is 16.7. The molecule has 1 aromatic rings. The third-order valence-electron chi connectivity index (χ3n) is 3.77. The van der Waals surface area contributed by atoms with Crippen LogP contribution in [0.15, 0.2) is 21.6 Å². The minimum atomic E-state index is -3.69. The van der Waals surface area contributed by atoms with Crippen molar-refractivity contribution < 1.29 is 13.5 Å². The zero-order valence-corrected chi connectivity index (χ0v) is 14.5. The summed E-state index contributed by atoms with van der Waals surface area (Å²) in [4.78, 5) is 4.29. The molecule has 6 nitrogen and oxygen atoms in total. The van der Waals surface area contributed by atoms with Gasteiger partial charge in [0.05, 0.1) is 12.6 Å². The maximum absolute atomic E-state index is 12.9. The number of aliphatic hydroxyl groups excluding tert-OH is 1. The van der Waals surface area contributed by atoms with Gasteiger partial charge in [0.2, 0.25) is 10.0 Å². The number of rotatable bonds is 5. The number of sulfonamides is 1. The molecule has 2 heterocycles. The van der Waals surface area contributed by atoms with Gasteiger partial charge in [0, 0.05) is 23.8 Å². The minimum Gasteiger partial charge on any atom is -0.395 e. The number of aliphatic hydroxyl groups is 1. The van der Waals surface area contributed by atoms with E-state index in [1.54, 1.807) is 12.3 Å². The van der Waals surface area contributed by atoms with E-state index in [1.807, 2.05) is 13.8 Å². The lowest BCUT2D eigenvalue weighted by Crippen LogP contribution is -2.40. The molecule has 1 saturated heterocycles. The van der Waals surface area contributed by atoms with Crippen LogP contribution in [0.3, 0.4) is 0 Å². The van der Waals surface area contributed by atoms with Crippen molar-refractivity contribution in [2.24, 2.45) is 5.92 Å². The summed E-state index contributed by atoms with van der Waals surface area (Å²) in [6.45, 7) is 4.68. The number of nitrogens with zero attached hydrogens (tertiary/aromatic N) is 2. The number of halogens is 1. The molecule has 0 aliphatic carbocycles. The minimum absolute atomic E-state index is 0.145. The van der Waals surface area contributed by atoms with Crippen LogP contribution in [0.4, 0.5) is 5.82 Å². The Labute approximate surface area is 133 Å². The van der Waals surface area contributed by atoms with Gasteiger partial charge in [-0.1, -0.05) is 6.92 Å². The van der Waals surface area contributed by atoms with E-state index in [0.29, 0.717) is 23.4 Å². The highest BCUT2D eigenvalue weighted by atomic mass is 79.9. The Kier molecular flexibility index (Phi) is 5.24. The highest BCUT2D eigenvalue weighted by molar-refractivity contribution is 9.10. The molecule has 1 aliphatic rings. The lowest BCUT2D eigenvalue weighted by molar-refractivity contribution is 0.191. The molecular formula is C13H20BrN3O3S. The molecule has 2 rings (SSSR count). The van der Waals surface area contributed by atoms with E-state index in [2.05, 4.69) is 26.2 Å². The van der Waals surface area contributed by atoms with Crippen LogP contribution in [0.2, 0.25) is 0 Å². The van der Waals surface area contributed by atoms with Crippen LogP contribution in [0.5, 0.6) is 0 Å². The quantitative estimate of drug-likeness (QED) is 0.815. The molecule has 8 heteroatoms. The molecular weight excluding hydrogens is 358 g/mol. The first-order valence-electron chi connectivity index (χ1n) is 6.94. The van der Waals surface area contributed by atoms with Crippen molar-refractivity contribution in [2.45, 2.75) is 31.2 Å². The number of pyridine rings is 1. The molecule has 2 unspecified atom stereocenters. The molecule has 0 bridgehead atoms. The van der Waals surface area contributed by atoms with E-state index in [4.69, 9.17) is 0 Å². The van der Waals surface area contributed by atoms with Gasteiger partial charge in [-0.15, -0.1) is 0 Å². The van der Waals surface area contributed by atoms with Gasteiger partial charge in [-0.2, -0.15) is 4.31 Å². The van der Waals surface area contributed by atoms with E-state index < -0.39 is 10.0 Å². The topological polar surface area (TPSA) is 82.5 Å². The highest BCUT2D eigenvalue weighted by Gasteiger charge is 2.40. The van der Waals surface area contributed by atoms with Crippen molar-refractivity contribution in [1.82, 2.24) is 9.29 Å². The van der Waals surface area contributed by atoms with Gasteiger partial charge < -0.3 is 10.4 Å². The van der Waals surface area contributed by atoms with Crippen molar-refractivity contribution in [3.05, 3.63) is 16.7 Å². The molecule has 21 heavy (non-hydrogen) atoms. The summed E-state index contributed by atoms with van der Waals surface area (Å²) in [5.41, 5.74) is 0. The predicted octanol–water partition coefficient (Wildman–Crippen LogP) is 1.67. The van der Waals surface area contributed by atoms with E-state index >= 15 is 0 Å². The fraction of sp³-hybridized carbons (Fsp3) is 0.615. The zero-order chi connectivity index (χ0) is 15.6. The molecule has 1 fully saturated rings. The van der Waals surface area contributed by atoms with Crippen LogP contribution in [0, 0.1) is 5.92 Å². The number of hydrogen-bond donors (Lipinski definition) is 2. The monoisotopic (exact) mass is 377 g/mol. The molecule has 2 N–H and O–H groups in total. The Morgan fingerprint density at radius 3 is 2.90 bits per heavy atom. The summed E-state index contributed by atoms with van der Waals surface area (Å²) < 4.78 is 27.8. The first-order valence-corrected chi connectivity index (χ1v) is 9.17. The molecule has 118 valence electrons. The second kappa shape index (κ2) is 6.60. The molecule has 0 saturated carbocycles. The van der Waals surface area contributed by atoms with E-state index in [9.17, 15) is 13.5 Å². The van der Waals surface area contributed by atoms with Crippen molar-refractivity contribution in [3.63, 3.8) is 0 Å². The maximum atomic E-state index is 12.9. The van der Waals surface area contributed by atoms with Gasteiger partial charge in [0.1, 0.15) is 10.7 Å². The molecule has 1 aliphatic heterocycles. The van der Waals surface area contributed by atoms with Crippen molar-refractivity contribution in [1.29, 1.82) is 0 Å². The van der Waals surface area contributed by atoms with Gasteiger partial charge in [-0.3, -0.25) is 0 Å². The summed E-state index contributed by atoms with van der Waals surface area (Å²) in [6.07, 6.45) is 2.32. The first-order chi connectivity index (χ1) is 9.91. The molecule has 0 aromatic carbocycles. The summed E-state index contributed by atoms with van der Waals surface area (Å²) >= 11 is 3.27. The molecule has 2 atom stereocenters. The Morgan fingerprint density at radius 2 is 2.29 bits per heavy atom. The molecule has 1 aromatic heterocycles. The van der Waals surface area contributed by atoms with E-state index in [1.165, 1.54) is 4.31 Å². The predicted molar refractivity (Wildman–Crippen MR) is 84.6 cm³/mol. The maximum Gasteiger partial charge on any atom is 0.247 e. The van der Waals surface area contributed by atoms with E-state index in [-0.39, 0.29) is 23.5 Å². The van der Waals surface area contributed by atoms with Crippen molar-refractivity contribution >= 4 is 31.8 Å². The third-order valence-corrected chi connectivity index (χ3v) is 6.14. The Hall–Kier alpha value is -0.700. The average Bonchev–Trinajstić information content (AvgIpc) is 2.82. The third kappa shape index (κ3) is 3.23. The van der Waals surface area contributed by atoms with Crippen LogP contribution >= 0.6 is 15.9 Å². The number of aromatic nitrogens is 1. The Balaban J connectivity index is 2.46. The second-order valence-electron chi connectivity index (χ2n) is 5.16. The van der Waals surface area contributed by atoms with Crippen molar-refractivity contribution in [3.8, 4) is 0 Å². The SMILES string of the molecule is CCNc1ncc(Br)cc1S(=O)(=O)N1CCC(C)C1CO. The van der Waals surface area contributed by atoms with Gasteiger partial charge in [-0.05, 0) is 41.3 Å². The lowest BCUT2D eigenvalue weighted by Gasteiger charge is -2.25. The van der Waals surface area contributed by atoms with Crippen LogP contribution in [0.1, 0.15) is 20.3 Å². The fourth-order valence-electron chi connectivity index (χ4n) is 2.59. The molecule has 0 amide bonds. The standard InChI is InChI=1S/C13H20BrN3O3S/c1-3-15-13-12(6-10(14)7-16-13)21(19,20)17-5-4-9(2)11(17)8-18/h6-7,9,11,18H,3-5,8H2,1-2H3,(H,15,16). The second-order valence-corrected chi connectivity index (χ2v) is 7.94. The van der Waals surface area contributed by atoms with Gasteiger partial charge in [-0.25, -0.2) is 13.4 Å². The fourth-order valence-corrected chi connectivity index (χ4v) is 4.94. The summed E-state index contributed by atoms with van der Waals surface area (Å²) in [6, 6.07) is 1.18. The number of hydrogen-bond acceptors (Lipinski definition) is 5. The summed E-state index contributed by atoms with van der Waals surface area (Å²) in [7, 11) is -3.69. The van der Waals surface area contributed by atoms with Crippen LogP contribution in [-0.2, 0) is 10.0 Å². The number of anilines is 1. The van der Waals surface area contributed by atoms with Crippen molar-refractivity contribution in [2.75, 3.05) is 25.0 Å². The summed E-state index contributed by atoms with van der Waals surface area (Å²) in [5.74, 6) is 0.490. The zero-order valence-electron chi connectivity index (χ0n) is 12.1. The summed E-state index contributed by atoms with van der Waals surface area (Å²) in [5, 5.41) is 12.5. The smallest absolute Gasteiger partial charge is 0.247 e. The van der Waals surface area contributed by atoms with Crippen LogP contribution < -0.4 is 5.32 Å². The Morgan fingerprint density at radius 1 is 1.57 bits per heavy atom. The number of nitrogens with one attached hydrogen (secondary N) is 1. The normalized spacial score (nSPS) is 23.4. The van der Waals surface area contributed by atoms with E-state index in [0.717, 1.165) is 6.42 Å². The largest absolute Gasteiger partial charge is 0.395 e. The van der Waals surface area contributed by atoms with Gasteiger partial charge in [0.25, 0.3) is 0 Å². The van der Waals surface area contributed by atoms with Crippen LogP contribution in [0.25, 0.3) is 0 Å². The Bertz CT molecular complexity index is 609. The molecule has 0 spiro atoms. The average molecular weight is 378 g/mol. The van der Waals surface area contributed by atoms with Gasteiger partial charge >= 0.3 is 0 Å². The lowest BCUT2D eigenvalue weighted by atomic mass is 10.0. The van der Waals surface area contributed by atoms with Crippen LogP contribution in [-0.4, -0.2) is 48.6 Å².